The van der Waals surface area contributed by atoms with E-state index in [2.05, 4.69) is 50.2 Å². The Morgan fingerprint density at radius 3 is 2.06 bits per heavy atom. The van der Waals surface area contributed by atoms with Gasteiger partial charge in [-0.3, -0.25) is 0 Å². The maximum absolute atomic E-state index is 2.49. The van der Waals surface area contributed by atoms with Crippen molar-refractivity contribution < 1.29 is 0 Å². The molecule has 3 aromatic rings. The lowest BCUT2D eigenvalue weighted by molar-refractivity contribution is 0.249. The lowest BCUT2D eigenvalue weighted by atomic mass is 9.78. The normalized spacial score (nSPS) is 19.1. The topological polar surface area (TPSA) is 0 Å². The molecular formula is C30H42S2. The summed E-state index contributed by atoms with van der Waals surface area (Å²) in [6, 6.07) is 14.1. The third-order valence-electron chi connectivity index (χ3n) is 7.52. The molecule has 0 aliphatic heterocycles. The lowest BCUT2D eigenvalue weighted by Gasteiger charge is -2.28. The standard InChI is InChI=1S/C30H42S2/c1-3-5-6-7-8-10-24-11-13-25(14-12-24)17-20-27-21-29-30(31-27)22-28(32-29)26-18-15-23(9-4-2)16-19-26/h15-16,18-19,21-22,24-25H,3-14,17,20H2,1-2H3/t24-,25-. The molecule has 2 heterocycles. The van der Waals surface area contributed by atoms with E-state index in [0.717, 1.165) is 11.8 Å². The molecule has 1 fully saturated rings. The van der Waals surface area contributed by atoms with Crippen LogP contribution in [0.3, 0.4) is 0 Å². The number of benzene rings is 1. The SMILES string of the molecule is CCCCCCC[C@H]1CC[C@H](CCc2cc3sc(-c4ccc(CCC)cc4)cc3s2)CC1. The Bertz CT molecular complexity index is 890. The molecule has 0 nitrogen and oxygen atoms in total. The van der Waals surface area contributed by atoms with Gasteiger partial charge in [-0.2, -0.15) is 0 Å². The van der Waals surface area contributed by atoms with Gasteiger partial charge in [-0.25, -0.2) is 0 Å². The summed E-state index contributed by atoms with van der Waals surface area (Å²) in [5.41, 5.74) is 2.83. The molecule has 1 aliphatic rings. The summed E-state index contributed by atoms with van der Waals surface area (Å²) in [7, 11) is 0. The van der Waals surface area contributed by atoms with Gasteiger partial charge in [0, 0.05) is 19.2 Å². The fourth-order valence-corrected chi connectivity index (χ4v) is 7.91. The molecule has 0 bridgehead atoms. The quantitative estimate of drug-likeness (QED) is 0.233. The van der Waals surface area contributed by atoms with Crippen molar-refractivity contribution in [2.75, 3.05) is 0 Å². The Morgan fingerprint density at radius 1 is 0.688 bits per heavy atom. The van der Waals surface area contributed by atoms with Gasteiger partial charge in [0.2, 0.25) is 0 Å². The minimum absolute atomic E-state index is 0.976. The van der Waals surface area contributed by atoms with Crippen molar-refractivity contribution in [3.63, 3.8) is 0 Å². The van der Waals surface area contributed by atoms with Crippen LogP contribution < -0.4 is 0 Å². The smallest absolute Gasteiger partial charge is 0.0460 e. The molecule has 2 heteroatoms. The Hall–Kier alpha value is -1.12. The van der Waals surface area contributed by atoms with Crippen molar-refractivity contribution in [2.45, 2.75) is 104 Å². The monoisotopic (exact) mass is 466 g/mol. The molecule has 0 N–H and O–H groups in total. The third-order valence-corrected chi connectivity index (χ3v) is 9.92. The highest BCUT2D eigenvalue weighted by molar-refractivity contribution is 7.29. The number of unbranched alkanes of at least 4 members (excludes halogenated alkanes) is 4. The highest BCUT2D eigenvalue weighted by Crippen LogP contribution is 2.40. The molecular weight excluding hydrogens is 424 g/mol. The molecule has 1 saturated carbocycles. The first-order valence-corrected chi connectivity index (χ1v) is 15.0. The number of thiophene rings is 2. The summed E-state index contributed by atoms with van der Waals surface area (Å²) >= 11 is 4.02. The summed E-state index contributed by atoms with van der Waals surface area (Å²) in [5.74, 6) is 2.01. The van der Waals surface area contributed by atoms with E-state index in [1.165, 1.54) is 115 Å². The van der Waals surface area contributed by atoms with Crippen molar-refractivity contribution in [1.29, 1.82) is 0 Å². The van der Waals surface area contributed by atoms with Gasteiger partial charge in [0.25, 0.3) is 0 Å². The highest BCUT2D eigenvalue weighted by Gasteiger charge is 2.21. The average molecular weight is 467 g/mol. The predicted molar refractivity (Wildman–Crippen MR) is 146 cm³/mol. The predicted octanol–water partition coefficient (Wildman–Crippen LogP) is 10.7. The van der Waals surface area contributed by atoms with Crippen LogP contribution in [0.25, 0.3) is 19.8 Å². The zero-order valence-corrected chi connectivity index (χ0v) is 22.0. The molecule has 0 unspecified atom stereocenters. The lowest BCUT2D eigenvalue weighted by Crippen LogP contribution is -2.15. The average Bonchev–Trinajstić information content (AvgIpc) is 3.38. The van der Waals surface area contributed by atoms with Gasteiger partial charge in [0.1, 0.15) is 0 Å². The van der Waals surface area contributed by atoms with Crippen LogP contribution in [0.4, 0.5) is 0 Å². The molecule has 174 valence electrons. The van der Waals surface area contributed by atoms with E-state index < -0.39 is 0 Å². The van der Waals surface area contributed by atoms with Crippen molar-refractivity contribution in [1.82, 2.24) is 0 Å². The maximum atomic E-state index is 2.49. The van der Waals surface area contributed by atoms with E-state index in [1.807, 2.05) is 22.7 Å². The van der Waals surface area contributed by atoms with Gasteiger partial charge in [-0.15, -0.1) is 22.7 Å². The van der Waals surface area contributed by atoms with E-state index in [0.29, 0.717) is 0 Å². The fourth-order valence-electron chi connectivity index (χ4n) is 5.47. The molecule has 4 rings (SSSR count). The van der Waals surface area contributed by atoms with Crippen LogP contribution in [-0.2, 0) is 12.8 Å². The largest absolute Gasteiger partial charge is 0.139 e. The summed E-state index contributed by atoms with van der Waals surface area (Å²) in [5, 5.41) is 0. The van der Waals surface area contributed by atoms with Gasteiger partial charge < -0.3 is 0 Å². The summed E-state index contributed by atoms with van der Waals surface area (Å²) in [6.07, 6.45) is 19.8. The zero-order chi connectivity index (χ0) is 22.2. The summed E-state index contributed by atoms with van der Waals surface area (Å²) < 4.78 is 2.98. The summed E-state index contributed by atoms with van der Waals surface area (Å²) in [4.78, 5) is 3.03. The first-order chi connectivity index (χ1) is 15.7. The van der Waals surface area contributed by atoms with Crippen LogP contribution in [0.15, 0.2) is 36.4 Å². The number of hydrogen-bond donors (Lipinski definition) is 0. The Labute approximate surface area is 204 Å². The van der Waals surface area contributed by atoms with Crippen LogP contribution in [0.1, 0.15) is 101 Å². The van der Waals surface area contributed by atoms with Crippen LogP contribution in [0.5, 0.6) is 0 Å². The second-order valence-electron chi connectivity index (χ2n) is 10.1. The second-order valence-corrected chi connectivity index (χ2v) is 12.4. The van der Waals surface area contributed by atoms with E-state index in [1.54, 1.807) is 4.88 Å². The van der Waals surface area contributed by atoms with Crippen molar-refractivity contribution >= 4 is 32.1 Å². The molecule has 0 radical (unpaired) electrons. The number of fused-ring (bicyclic) bond motifs is 1. The van der Waals surface area contributed by atoms with E-state index in [-0.39, 0.29) is 0 Å². The maximum Gasteiger partial charge on any atom is 0.0460 e. The van der Waals surface area contributed by atoms with E-state index in [4.69, 9.17) is 0 Å². The fraction of sp³-hybridized carbons (Fsp3) is 0.600. The highest BCUT2D eigenvalue weighted by atomic mass is 32.1. The Balaban J connectivity index is 1.21. The zero-order valence-electron chi connectivity index (χ0n) is 20.3. The van der Waals surface area contributed by atoms with Crippen molar-refractivity contribution in [3.8, 4) is 10.4 Å². The summed E-state index contributed by atoms with van der Waals surface area (Å²) in [6.45, 7) is 4.56. The van der Waals surface area contributed by atoms with E-state index in [9.17, 15) is 0 Å². The second kappa shape index (κ2) is 12.4. The van der Waals surface area contributed by atoms with Gasteiger partial charge in [0.05, 0.1) is 0 Å². The third kappa shape index (κ3) is 6.70. The molecule has 0 spiro atoms. The Kier molecular flexibility index (Phi) is 9.29. The number of hydrogen-bond acceptors (Lipinski definition) is 2. The first kappa shape index (κ1) is 24.0. The van der Waals surface area contributed by atoms with Gasteiger partial charge in [0.15, 0.2) is 0 Å². The van der Waals surface area contributed by atoms with Crippen molar-refractivity contribution in [3.05, 3.63) is 46.8 Å². The molecule has 32 heavy (non-hydrogen) atoms. The molecule has 1 aliphatic carbocycles. The van der Waals surface area contributed by atoms with Crippen molar-refractivity contribution in [2.24, 2.45) is 11.8 Å². The van der Waals surface area contributed by atoms with Gasteiger partial charge >= 0.3 is 0 Å². The minimum Gasteiger partial charge on any atom is -0.139 e. The van der Waals surface area contributed by atoms with Crippen LogP contribution in [0.2, 0.25) is 0 Å². The van der Waals surface area contributed by atoms with Gasteiger partial charge in [-0.1, -0.05) is 109 Å². The molecule has 1 aromatic carbocycles. The molecule has 0 amide bonds. The minimum atomic E-state index is 0.976. The molecule has 2 aromatic heterocycles. The number of aryl methyl sites for hydroxylation is 2. The van der Waals surface area contributed by atoms with Crippen LogP contribution in [-0.4, -0.2) is 0 Å². The van der Waals surface area contributed by atoms with Gasteiger partial charge in [-0.05, 0) is 54.4 Å². The first-order valence-electron chi connectivity index (χ1n) is 13.4. The molecule has 0 saturated heterocycles. The number of rotatable bonds is 12. The van der Waals surface area contributed by atoms with Crippen LogP contribution >= 0.6 is 22.7 Å². The van der Waals surface area contributed by atoms with Crippen LogP contribution in [0, 0.1) is 11.8 Å². The Morgan fingerprint density at radius 2 is 1.38 bits per heavy atom. The van der Waals surface area contributed by atoms with E-state index >= 15 is 0 Å². The molecule has 0 atom stereocenters.